The van der Waals surface area contributed by atoms with Gasteiger partial charge in [0.05, 0.1) is 54.7 Å². The van der Waals surface area contributed by atoms with Crippen molar-refractivity contribution in [1.82, 2.24) is 39.4 Å². The standard InChI is InChI=1S/C39H30ClF6N9O4S2/c1-16-47-14-28(60-16)18-4-5-21-25(11-18)49-37(55(38(21)57)27-7-6-24(40)31-33(27)53(2)51-36(31)52-61(3,58)59)26(10-17-8-19(41)12-20(42)9-17)48-29(56)15-54-34-30(32(50-54)35(43)44)22-13-23(22)39(34,45)46/h4-9,11-12,14,22-23,26,35H,10,13,15H2,1-3H3,(H,48,56)(H,51,52)/t22-,23+,26-/m0/s1. The number of rotatable bonds is 11. The van der Waals surface area contributed by atoms with Gasteiger partial charge in [0.25, 0.3) is 17.9 Å². The van der Waals surface area contributed by atoms with Crippen LogP contribution in [0.1, 0.15) is 58.2 Å². The Morgan fingerprint density at radius 2 is 1.82 bits per heavy atom. The van der Waals surface area contributed by atoms with Crippen molar-refractivity contribution in [1.29, 1.82) is 0 Å². The quantitative estimate of drug-likeness (QED) is 0.127. The second kappa shape index (κ2) is 14.4. The maximum Gasteiger partial charge on any atom is 0.293 e. The van der Waals surface area contributed by atoms with E-state index in [2.05, 4.69) is 25.2 Å². The number of sulfonamides is 1. The number of anilines is 1. The smallest absolute Gasteiger partial charge is 0.293 e. The number of thiazole rings is 1. The van der Waals surface area contributed by atoms with Crippen LogP contribution in [0.2, 0.25) is 5.02 Å². The van der Waals surface area contributed by atoms with Gasteiger partial charge in [-0.2, -0.15) is 19.0 Å². The molecule has 0 spiro atoms. The summed E-state index contributed by atoms with van der Waals surface area (Å²) < 4.78 is 119. The van der Waals surface area contributed by atoms with Gasteiger partial charge in [0, 0.05) is 37.2 Å². The first-order valence-electron chi connectivity index (χ1n) is 18.4. The van der Waals surface area contributed by atoms with Crippen molar-refractivity contribution in [2.45, 2.75) is 50.6 Å². The number of nitrogens with zero attached hydrogens (tertiary/aromatic N) is 7. The average Bonchev–Trinajstić information content (AvgIpc) is 3.39. The number of aromatic nitrogens is 7. The largest absolute Gasteiger partial charge is 0.344 e. The lowest BCUT2D eigenvalue weighted by Crippen LogP contribution is -2.38. The number of carbonyl (C=O) groups excluding carboxylic acids is 1. The molecule has 0 radical (unpaired) electrons. The predicted molar refractivity (Wildman–Crippen MR) is 214 cm³/mol. The van der Waals surface area contributed by atoms with Crippen molar-refractivity contribution in [3.8, 4) is 16.1 Å². The molecule has 4 heterocycles. The average molecular weight is 902 g/mol. The van der Waals surface area contributed by atoms with Gasteiger partial charge < -0.3 is 5.32 Å². The van der Waals surface area contributed by atoms with Crippen LogP contribution >= 0.6 is 22.9 Å². The summed E-state index contributed by atoms with van der Waals surface area (Å²) >= 11 is 8.00. The van der Waals surface area contributed by atoms with E-state index in [9.17, 15) is 35.6 Å². The van der Waals surface area contributed by atoms with E-state index in [-0.39, 0.29) is 61.7 Å². The van der Waals surface area contributed by atoms with Crippen molar-refractivity contribution in [2.24, 2.45) is 13.0 Å². The number of fused-ring (bicyclic) bond motifs is 5. The van der Waals surface area contributed by atoms with E-state index in [1.54, 1.807) is 18.3 Å². The Morgan fingerprint density at radius 1 is 1.08 bits per heavy atom. The topological polar surface area (TPSA) is 159 Å². The molecule has 0 bridgehead atoms. The number of amides is 1. The third-order valence-corrected chi connectivity index (χ3v) is 12.6. The van der Waals surface area contributed by atoms with Gasteiger partial charge >= 0.3 is 0 Å². The van der Waals surface area contributed by atoms with E-state index in [4.69, 9.17) is 16.6 Å². The zero-order valence-electron chi connectivity index (χ0n) is 31.9. The number of benzene rings is 3. The Morgan fingerprint density at radius 3 is 2.49 bits per heavy atom. The minimum Gasteiger partial charge on any atom is -0.344 e. The lowest BCUT2D eigenvalue weighted by molar-refractivity contribution is -0.123. The third-order valence-electron chi connectivity index (χ3n) is 10.7. The van der Waals surface area contributed by atoms with Gasteiger partial charge in [-0.15, -0.1) is 11.3 Å². The van der Waals surface area contributed by atoms with Crippen LogP contribution in [0.15, 0.2) is 59.5 Å². The molecule has 0 aliphatic heterocycles. The highest BCUT2D eigenvalue weighted by atomic mass is 35.5. The number of aryl methyl sites for hydroxylation is 2. The SMILES string of the molecule is Cc1ncc(-c2ccc3c(=O)n(-c4ccc(Cl)c5c(NS(C)(=O)=O)nn(C)c45)c([C@H](Cc4cc(F)cc(F)c4)NC(=O)Cn4nc(C(F)F)c5c4C(F)(F)[C@@H]4C[C@H]54)nc3c2)s1. The van der Waals surface area contributed by atoms with Crippen molar-refractivity contribution in [2.75, 3.05) is 11.0 Å². The minimum absolute atomic E-state index is 0.000199. The molecule has 0 unspecified atom stereocenters. The van der Waals surface area contributed by atoms with Gasteiger partial charge in [-0.3, -0.25) is 28.2 Å². The maximum absolute atomic E-state index is 15.5. The van der Waals surface area contributed by atoms with Gasteiger partial charge in [-0.1, -0.05) is 17.7 Å². The third kappa shape index (κ3) is 7.10. The summed E-state index contributed by atoms with van der Waals surface area (Å²) in [4.78, 5) is 39.0. The summed E-state index contributed by atoms with van der Waals surface area (Å²) in [5.74, 6) is -8.96. The van der Waals surface area contributed by atoms with Crippen LogP contribution in [0.25, 0.3) is 37.9 Å². The zero-order chi connectivity index (χ0) is 43.4. The van der Waals surface area contributed by atoms with Crippen molar-refractivity contribution < 1.29 is 39.6 Å². The van der Waals surface area contributed by atoms with Crippen molar-refractivity contribution in [3.05, 3.63) is 115 Å². The van der Waals surface area contributed by atoms with Crippen LogP contribution in [0.5, 0.6) is 0 Å². The lowest BCUT2D eigenvalue weighted by atomic mass is 10.0. The fraction of sp³-hybridized carbons (Fsp3) is 0.282. The Bertz CT molecular complexity index is 3150. The van der Waals surface area contributed by atoms with Gasteiger partial charge in [0.15, 0.2) is 5.82 Å². The molecule has 1 fully saturated rings. The monoisotopic (exact) mass is 901 g/mol. The molecule has 22 heteroatoms. The number of hydrogen-bond acceptors (Lipinski definition) is 9. The molecule has 1 saturated carbocycles. The normalized spacial score (nSPS) is 17.2. The second-order valence-corrected chi connectivity index (χ2v) is 18.4. The van der Waals surface area contributed by atoms with Crippen LogP contribution in [0.4, 0.5) is 32.2 Å². The second-order valence-electron chi connectivity index (χ2n) is 15.0. The molecule has 2 aliphatic carbocycles. The molecule has 4 aromatic heterocycles. The first-order valence-corrected chi connectivity index (χ1v) is 21.5. The predicted octanol–water partition coefficient (Wildman–Crippen LogP) is 7.45. The molecule has 0 saturated heterocycles. The molecule has 7 aromatic rings. The maximum atomic E-state index is 15.5. The van der Waals surface area contributed by atoms with Gasteiger partial charge in [0.2, 0.25) is 15.9 Å². The molecule has 1 amide bonds. The molecular formula is C39H30ClF6N9O4S2. The number of carbonyl (C=O) groups is 1. The fourth-order valence-corrected chi connectivity index (χ4v) is 9.74. The van der Waals surface area contributed by atoms with E-state index >= 15 is 8.78 Å². The number of halogens is 7. The summed E-state index contributed by atoms with van der Waals surface area (Å²) in [7, 11) is -2.44. The van der Waals surface area contributed by atoms with E-state index in [1.165, 1.54) is 41.3 Å². The van der Waals surface area contributed by atoms with Gasteiger partial charge in [0.1, 0.15) is 35.4 Å². The minimum atomic E-state index is -3.90. The zero-order valence-corrected chi connectivity index (χ0v) is 34.2. The summed E-state index contributed by atoms with van der Waals surface area (Å²) in [6.45, 7) is 0.836. The molecular weight excluding hydrogens is 872 g/mol. The summed E-state index contributed by atoms with van der Waals surface area (Å²) in [6, 6.07) is 8.73. The highest BCUT2D eigenvalue weighted by Crippen LogP contribution is 2.68. The highest BCUT2D eigenvalue weighted by molar-refractivity contribution is 7.92. The van der Waals surface area contributed by atoms with E-state index in [1.807, 2.05) is 6.92 Å². The summed E-state index contributed by atoms with van der Waals surface area (Å²) in [5.41, 5.74) is -1.76. The van der Waals surface area contributed by atoms with Crippen molar-refractivity contribution in [3.63, 3.8) is 0 Å². The van der Waals surface area contributed by atoms with Crippen LogP contribution < -0.4 is 15.6 Å². The Hall–Kier alpha value is -5.80. The first kappa shape index (κ1) is 40.6. The summed E-state index contributed by atoms with van der Waals surface area (Å²) in [6.07, 6.45) is -1.11. The molecule has 2 N–H and O–H groups in total. The van der Waals surface area contributed by atoms with Crippen LogP contribution in [-0.4, -0.2) is 54.7 Å². The molecule has 3 aromatic carbocycles. The van der Waals surface area contributed by atoms with E-state index in [0.717, 1.165) is 32.8 Å². The van der Waals surface area contributed by atoms with Crippen LogP contribution in [0.3, 0.4) is 0 Å². The summed E-state index contributed by atoms with van der Waals surface area (Å²) in [5, 5.41) is 11.7. The van der Waals surface area contributed by atoms with Crippen LogP contribution in [-0.2, 0) is 40.8 Å². The Labute approximate surface area is 350 Å². The number of hydrogen-bond donors (Lipinski definition) is 2. The molecule has 316 valence electrons. The fourth-order valence-electron chi connectivity index (χ4n) is 8.23. The van der Waals surface area contributed by atoms with E-state index in [0.29, 0.717) is 16.3 Å². The van der Waals surface area contributed by atoms with E-state index < -0.39 is 87.7 Å². The lowest BCUT2D eigenvalue weighted by Gasteiger charge is -2.24. The molecule has 9 rings (SSSR count). The van der Waals surface area contributed by atoms with Crippen LogP contribution in [0, 0.1) is 24.5 Å². The Balaban J connectivity index is 1.26. The molecule has 13 nitrogen and oxygen atoms in total. The number of nitrogens with one attached hydrogen (secondary N) is 2. The molecule has 3 atom stereocenters. The first-order chi connectivity index (χ1) is 28.8. The number of alkyl halides is 4. The molecule has 2 aliphatic rings. The molecule has 61 heavy (non-hydrogen) atoms. The van der Waals surface area contributed by atoms with Gasteiger partial charge in [-0.25, -0.2) is 35.9 Å². The van der Waals surface area contributed by atoms with Gasteiger partial charge in [-0.05, 0) is 66.8 Å². The highest BCUT2D eigenvalue weighted by Gasteiger charge is 2.67. The van der Waals surface area contributed by atoms with Crippen molar-refractivity contribution >= 4 is 66.5 Å². The Kier molecular flexibility index (Phi) is 9.59.